The molecule has 0 N–H and O–H groups in total. The van der Waals surface area contributed by atoms with Crippen molar-refractivity contribution in [2.75, 3.05) is 6.61 Å². The van der Waals surface area contributed by atoms with Crippen molar-refractivity contribution in [3.63, 3.8) is 0 Å². The summed E-state index contributed by atoms with van der Waals surface area (Å²) in [6.45, 7) is 1.80. The number of rotatable bonds is 2. The van der Waals surface area contributed by atoms with E-state index < -0.39 is 0 Å². The summed E-state index contributed by atoms with van der Waals surface area (Å²) >= 11 is 0. The molecular formula is C9H12BNO. The molecule has 0 spiro atoms. The number of hydroxylamine groups is 1. The van der Waals surface area contributed by atoms with Gasteiger partial charge < -0.3 is 4.84 Å². The Bertz CT molecular complexity index is 234. The van der Waals surface area contributed by atoms with Gasteiger partial charge in [0.15, 0.2) is 0 Å². The van der Waals surface area contributed by atoms with Crippen LogP contribution in [0.1, 0.15) is 5.56 Å². The summed E-state index contributed by atoms with van der Waals surface area (Å²) in [6, 6.07) is 10.4. The van der Waals surface area contributed by atoms with Crippen molar-refractivity contribution < 1.29 is 4.84 Å². The first kappa shape index (κ1) is 7.83. The lowest BCUT2D eigenvalue weighted by Gasteiger charge is -2.13. The molecule has 3 heteroatoms. The first-order chi connectivity index (χ1) is 5.95. The van der Waals surface area contributed by atoms with E-state index in [-0.39, 0.29) is 0 Å². The third kappa shape index (κ3) is 1.87. The second-order valence-electron chi connectivity index (χ2n) is 3.04. The Morgan fingerprint density at radius 1 is 1.33 bits per heavy atom. The van der Waals surface area contributed by atoms with E-state index in [9.17, 15) is 0 Å². The van der Waals surface area contributed by atoms with Gasteiger partial charge in [-0.2, -0.15) is 0 Å². The normalized spacial score (nSPS) is 17.7. The van der Waals surface area contributed by atoms with Crippen LogP contribution >= 0.6 is 0 Å². The predicted molar refractivity (Wildman–Crippen MR) is 49.9 cm³/mol. The molecular weight excluding hydrogens is 149 g/mol. The van der Waals surface area contributed by atoms with Crippen molar-refractivity contribution in [2.24, 2.45) is 0 Å². The SMILES string of the molecule is B1CCON1Cc1ccccc1. The molecule has 0 amide bonds. The van der Waals surface area contributed by atoms with Crippen molar-refractivity contribution in [3.05, 3.63) is 35.9 Å². The standard InChI is InChI=1S/C9H12BNO/c1-2-4-9(5-3-1)8-11-10-6-7-12-11/h1-5,10H,6-8H2. The molecule has 2 nitrogen and oxygen atoms in total. The lowest BCUT2D eigenvalue weighted by Crippen LogP contribution is -2.19. The lowest BCUT2D eigenvalue weighted by atomic mass is 9.90. The van der Waals surface area contributed by atoms with E-state index in [1.807, 2.05) is 11.0 Å². The van der Waals surface area contributed by atoms with E-state index in [4.69, 9.17) is 4.84 Å². The van der Waals surface area contributed by atoms with Crippen LogP contribution < -0.4 is 0 Å². The van der Waals surface area contributed by atoms with E-state index in [0.29, 0.717) is 0 Å². The largest absolute Gasteiger partial charge is 0.311 e. The summed E-state index contributed by atoms with van der Waals surface area (Å²) in [7, 11) is 1.06. The van der Waals surface area contributed by atoms with Crippen LogP contribution in [0.2, 0.25) is 6.32 Å². The molecule has 12 heavy (non-hydrogen) atoms. The molecule has 0 atom stereocenters. The van der Waals surface area contributed by atoms with E-state index in [1.165, 1.54) is 5.56 Å². The van der Waals surface area contributed by atoms with Crippen LogP contribution in [-0.2, 0) is 11.4 Å². The molecule has 1 heterocycles. The predicted octanol–water partition coefficient (Wildman–Crippen LogP) is 1.20. The summed E-state index contributed by atoms with van der Waals surface area (Å²) in [4.78, 5) is 7.41. The molecule has 1 aromatic carbocycles. The maximum Gasteiger partial charge on any atom is 0.241 e. The third-order valence-electron chi connectivity index (χ3n) is 2.03. The van der Waals surface area contributed by atoms with Gasteiger partial charge in [-0.1, -0.05) is 30.3 Å². The second kappa shape index (κ2) is 3.74. The second-order valence-corrected chi connectivity index (χ2v) is 3.04. The summed E-state index contributed by atoms with van der Waals surface area (Å²) in [6.07, 6.45) is 1.16. The van der Waals surface area contributed by atoms with Gasteiger partial charge >= 0.3 is 0 Å². The van der Waals surface area contributed by atoms with E-state index in [1.54, 1.807) is 0 Å². The van der Waals surface area contributed by atoms with E-state index in [0.717, 1.165) is 26.9 Å². The molecule has 0 saturated carbocycles. The summed E-state index contributed by atoms with van der Waals surface area (Å²) in [5.74, 6) is 0. The van der Waals surface area contributed by atoms with Crippen LogP contribution in [0, 0.1) is 0 Å². The van der Waals surface area contributed by atoms with Gasteiger partial charge in [0.2, 0.25) is 7.41 Å². The van der Waals surface area contributed by atoms with Gasteiger partial charge in [0.05, 0.1) is 6.61 Å². The Hall–Kier alpha value is -0.795. The fourth-order valence-electron chi connectivity index (χ4n) is 1.41. The Morgan fingerprint density at radius 2 is 2.17 bits per heavy atom. The quantitative estimate of drug-likeness (QED) is 0.604. The maximum atomic E-state index is 5.39. The van der Waals surface area contributed by atoms with Gasteiger partial charge in [-0.25, -0.2) is 4.97 Å². The van der Waals surface area contributed by atoms with Crippen LogP contribution in [0.3, 0.4) is 0 Å². The average Bonchev–Trinajstić information content (AvgIpc) is 2.59. The van der Waals surface area contributed by atoms with Crippen LogP contribution in [0.5, 0.6) is 0 Å². The monoisotopic (exact) mass is 161 g/mol. The fourth-order valence-corrected chi connectivity index (χ4v) is 1.41. The van der Waals surface area contributed by atoms with Gasteiger partial charge in [-0.3, -0.25) is 0 Å². The molecule has 2 rings (SSSR count). The van der Waals surface area contributed by atoms with E-state index in [2.05, 4.69) is 24.3 Å². The summed E-state index contributed by atoms with van der Waals surface area (Å²) in [5, 5.41) is 0. The molecule has 1 fully saturated rings. The Balaban J connectivity index is 1.94. The maximum absolute atomic E-state index is 5.39. The van der Waals surface area contributed by atoms with Gasteiger partial charge in [-0.05, 0) is 11.9 Å². The van der Waals surface area contributed by atoms with Crippen molar-refractivity contribution in [3.8, 4) is 0 Å². The minimum atomic E-state index is 0.882. The zero-order valence-electron chi connectivity index (χ0n) is 7.07. The highest BCUT2D eigenvalue weighted by Crippen LogP contribution is 2.08. The highest BCUT2D eigenvalue weighted by Gasteiger charge is 2.13. The van der Waals surface area contributed by atoms with Crippen molar-refractivity contribution >= 4 is 7.41 Å². The van der Waals surface area contributed by atoms with Crippen molar-refractivity contribution in [2.45, 2.75) is 12.9 Å². The lowest BCUT2D eigenvalue weighted by molar-refractivity contribution is -0.0670. The average molecular weight is 161 g/mol. The van der Waals surface area contributed by atoms with Crippen LogP contribution in [0.15, 0.2) is 30.3 Å². The highest BCUT2D eigenvalue weighted by molar-refractivity contribution is 6.32. The van der Waals surface area contributed by atoms with Gasteiger partial charge in [0.25, 0.3) is 0 Å². The molecule has 0 radical (unpaired) electrons. The fraction of sp³-hybridized carbons (Fsp3) is 0.333. The molecule has 0 unspecified atom stereocenters. The molecule has 1 saturated heterocycles. The Kier molecular flexibility index (Phi) is 2.44. The molecule has 1 aliphatic heterocycles. The minimum absolute atomic E-state index is 0.882. The van der Waals surface area contributed by atoms with Gasteiger partial charge in [0, 0.05) is 6.54 Å². The summed E-state index contributed by atoms with van der Waals surface area (Å²) < 4.78 is 0. The van der Waals surface area contributed by atoms with Crippen molar-refractivity contribution in [1.82, 2.24) is 4.97 Å². The smallest absolute Gasteiger partial charge is 0.241 e. The number of nitrogens with zero attached hydrogens (tertiary/aromatic N) is 1. The molecule has 0 aromatic heterocycles. The highest BCUT2D eigenvalue weighted by atomic mass is 16.7. The third-order valence-corrected chi connectivity index (χ3v) is 2.03. The topological polar surface area (TPSA) is 12.5 Å². The van der Waals surface area contributed by atoms with Gasteiger partial charge in [-0.15, -0.1) is 0 Å². The van der Waals surface area contributed by atoms with Crippen LogP contribution in [0.25, 0.3) is 0 Å². The number of hydrogen-bond acceptors (Lipinski definition) is 2. The first-order valence-electron chi connectivity index (χ1n) is 4.37. The first-order valence-corrected chi connectivity index (χ1v) is 4.37. The van der Waals surface area contributed by atoms with Crippen molar-refractivity contribution in [1.29, 1.82) is 0 Å². The molecule has 1 aromatic rings. The Labute approximate surface area is 73.4 Å². The Morgan fingerprint density at radius 3 is 2.83 bits per heavy atom. The van der Waals surface area contributed by atoms with Gasteiger partial charge in [0.1, 0.15) is 0 Å². The number of hydrogen-bond donors (Lipinski definition) is 0. The molecule has 1 aliphatic rings. The summed E-state index contributed by atoms with van der Waals surface area (Å²) in [5.41, 5.74) is 1.32. The van der Waals surface area contributed by atoms with Crippen LogP contribution in [-0.4, -0.2) is 19.0 Å². The molecule has 62 valence electrons. The number of benzene rings is 1. The van der Waals surface area contributed by atoms with E-state index >= 15 is 0 Å². The molecule has 0 bridgehead atoms. The minimum Gasteiger partial charge on any atom is -0.311 e. The van der Waals surface area contributed by atoms with Crippen LogP contribution in [0.4, 0.5) is 0 Å². The zero-order chi connectivity index (χ0) is 8.23. The molecule has 0 aliphatic carbocycles. The zero-order valence-corrected chi connectivity index (χ0v) is 7.07.